The van der Waals surface area contributed by atoms with E-state index in [1.165, 1.54) is 21.5 Å². The smallest absolute Gasteiger partial charge is 0.399 e. The third-order valence-electron chi connectivity index (χ3n) is 13.1. The quantitative estimate of drug-likeness (QED) is 0.165. The summed E-state index contributed by atoms with van der Waals surface area (Å²) < 4.78 is 32.1. The lowest BCUT2D eigenvalue weighted by atomic mass is 9.69. The van der Waals surface area contributed by atoms with E-state index in [0.717, 1.165) is 55.5 Å². The van der Waals surface area contributed by atoms with Crippen molar-refractivity contribution in [2.24, 2.45) is 0 Å². The maximum absolute atomic E-state index is 6.84. The number of aromatic nitrogens is 2. The van der Waals surface area contributed by atoms with Crippen molar-refractivity contribution in [3.05, 3.63) is 133 Å². The highest BCUT2D eigenvalue weighted by Gasteiger charge is 2.54. The van der Waals surface area contributed by atoms with Gasteiger partial charge in [-0.25, -0.2) is 0 Å². The summed E-state index contributed by atoms with van der Waals surface area (Å²) in [5.74, 6) is 0. The standard InChI is InChI=1S/C48H46B2N2O4/c1-45(2)46(3,4)54-49(53-45)39-27-25-31(51-41-21-13-9-17-33(41)34-18-10-14-22-42(34)51)29-37(39)38-30-32(26-28-40(38)50-55-47(5,6)48(7,8)56-50)52-43-23-15-11-19-35(43)36-20-12-16-24-44(36)52/h9-30H,1-8H3. The predicted octanol–water partition coefficient (Wildman–Crippen LogP) is 10.1. The number of rotatable bonds is 5. The van der Waals surface area contributed by atoms with Crippen molar-refractivity contribution in [3.63, 3.8) is 0 Å². The molecule has 8 heteroatoms. The molecule has 56 heavy (non-hydrogen) atoms. The van der Waals surface area contributed by atoms with Gasteiger partial charge in [0.05, 0.1) is 44.5 Å². The Morgan fingerprint density at radius 2 is 0.625 bits per heavy atom. The fourth-order valence-electron chi connectivity index (χ4n) is 8.59. The highest BCUT2D eigenvalue weighted by molar-refractivity contribution is 6.66. The minimum absolute atomic E-state index is 0.528. The van der Waals surface area contributed by atoms with Gasteiger partial charge in [-0.3, -0.25) is 0 Å². The molecule has 6 aromatic carbocycles. The van der Waals surface area contributed by atoms with Crippen LogP contribution >= 0.6 is 0 Å². The van der Waals surface area contributed by atoms with Gasteiger partial charge in [0.15, 0.2) is 0 Å². The van der Waals surface area contributed by atoms with Gasteiger partial charge in [0.1, 0.15) is 0 Å². The summed E-state index contributed by atoms with van der Waals surface area (Å²) in [5, 5.41) is 4.86. The molecule has 0 unspecified atom stereocenters. The minimum Gasteiger partial charge on any atom is -0.399 e. The Bertz CT molecular complexity index is 2530. The molecule has 0 amide bonds. The van der Waals surface area contributed by atoms with Crippen LogP contribution in [0.3, 0.4) is 0 Å². The van der Waals surface area contributed by atoms with Crippen LogP contribution in [0.15, 0.2) is 133 Å². The molecule has 6 nitrogen and oxygen atoms in total. The lowest BCUT2D eigenvalue weighted by Crippen LogP contribution is -2.41. The average Bonchev–Trinajstić information content (AvgIpc) is 3.83. The molecule has 10 rings (SSSR count). The van der Waals surface area contributed by atoms with Crippen LogP contribution in [-0.4, -0.2) is 45.8 Å². The molecule has 2 aromatic heterocycles. The second-order valence-electron chi connectivity index (χ2n) is 17.5. The summed E-state index contributed by atoms with van der Waals surface area (Å²) in [5.41, 5.74) is 8.45. The maximum Gasteiger partial charge on any atom is 0.495 e. The van der Waals surface area contributed by atoms with E-state index in [1.807, 2.05) is 0 Å². The first-order valence-electron chi connectivity index (χ1n) is 19.7. The minimum atomic E-state index is -0.606. The van der Waals surface area contributed by atoms with Gasteiger partial charge in [0, 0.05) is 32.9 Å². The van der Waals surface area contributed by atoms with Gasteiger partial charge in [-0.1, -0.05) is 84.9 Å². The number of benzene rings is 6. The molecule has 2 aliphatic heterocycles. The molecule has 2 aliphatic rings. The van der Waals surface area contributed by atoms with Gasteiger partial charge in [-0.2, -0.15) is 0 Å². The van der Waals surface area contributed by atoms with Crippen molar-refractivity contribution in [2.75, 3.05) is 0 Å². The molecule has 0 spiro atoms. The molecule has 2 saturated heterocycles. The lowest BCUT2D eigenvalue weighted by Gasteiger charge is -2.32. The third kappa shape index (κ3) is 5.20. The summed E-state index contributed by atoms with van der Waals surface area (Å²) in [6.45, 7) is 16.9. The van der Waals surface area contributed by atoms with E-state index in [4.69, 9.17) is 18.6 Å². The molecule has 0 aliphatic carbocycles. The van der Waals surface area contributed by atoms with Gasteiger partial charge >= 0.3 is 14.2 Å². The summed E-state index contributed by atoms with van der Waals surface area (Å²) in [6.07, 6.45) is 0. The Hall–Kier alpha value is -5.11. The Morgan fingerprint density at radius 3 is 0.911 bits per heavy atom. The molecule has 0 bridgehead atoms. The van der Waals surface area contributed by atoms with E-state index in [-0.39, 0.29) is 0 Å². The van der Waals surface area contributed by atoms with Crippen LogP contribution in [-0.2, 0) is 18.6 Å². The number of para-hydroxylation sites is 4. The fourth-order valence-corrected chi connectivity index (χ4v) is 8.59. The first-order valence-corrected chi connectivity index (χ1v) is 19.7. The molecular formula is C48H46B2N2O4. The largest absolute Gasteiger partial charge is 0.495 e. The number of hydrogen-bond donors (Lipinski definition) is 0. The first kappa shape index (κ1) is 35.3. The molecule has 8 aromatic rings. The zero-order valence-electron chi connectivity index (χ0n) is 33.4. The molecule has 4 heterocycles. The van der Waals surface area contributed by atoms with Crippen molar-refractivity contribution < 1.29 is 18.6 Å². The van der Waals surface area contributed by atoms with Crippen LogP contribution in [0.2, 0.25) is 0 Å². The van der Waals surface area contributed by atoms with Crippen molar-refractivity contribution in [1.82, 2.24) is 9.13 Å². The Morgan fingerprint density at radius 1 is 0.357 bits per heavy atom. The number of hydrogen-bond acceptors (Lipinski definition) is 4. The molecule has 0 N–H and O–H groups in total. The van der Waals surface area contributed by atoms with Crippen molar-refractivity contribution >= 4 is 68.8 Å². The average molecular weight is 737 g/mol. The van der Waals surface area contributed by atoms with Crippen LogP contribution in [0.25, 0.3) is 66.1 Å². The Balaban J connectivity index is 1.28. The van der Waals surface area contributed by atoms with Crippen LogP contribution in [0.4, 0.5) is 0 Å². The zero-order valence-corrected chi connectivity index (χ0v) is 33.4. The van der Waals surface area contributed by atoms with E-state index in [9.17, 15) is 0 Å². The van der Waals surface area contributed by atoms with Gasteiger partial charge in [0.2, 0.25) is 0 Å². The van der Waals surface area contributed by atoms with Gasteiger partial charge in [-0.15, -0.1) is 0 Å². The Labute approximate surface area is 329 Å². The summed E-state index contributed by atoms with van der Waals surface area (Å²) in [6, 6.07) is 48.0. The van der Waals surface area contributed by atoms with Crippen molar-refractivity contribution in [3.8, 4) is 22.5 Å². The number of fused-ring (bicyclic) bond motifs is 6. The van der Waals surface area contributed by atoms with E-state index >= 15 is 0 Å². The molecule has 2 fully saturated rings. The molecule has 0 atom stereocenters. The normalized spacial score (nSPS) is 18.6. The zero-order chi connectivity index (χ0) is 38.8. The molecule has 278 valence electrons. The highest BCUT2D eigenvalue weighted by atomic mass is 16.7. The SMILES string of the molecule is CC1(C)OB(c2ccc(-n3c4ccccc4c4ccccc43)cc2-c2cc(-n3c4ccccc4c4ccccc43)ccc2B2OC(C)(C)C(C)(C)O2)OC1(C)C. The summed E-state index contributed by atoms with van der Waals surface area (Å²) >= 11 is 0. The first-order chi connectivity index (χ1) is 26.7. The maximum atomic E-state index is 6.84. The van der Waals surface area contributed by atoms with E-state index < -0.39 is 36.6 Å². The van der Waals surface area contributed by atoms with E-state index in [0.29, 0.717) is 0 Å². The van der Waals surface area contributed by atoms with E-state index in [1.54, 1.807) is 0 Å². The fraction of sp³-hybridized carbons (Fsp3) is 0.250. The Kier molecular flexibility index (Phi) is 7.69. The highest BCUT2D eigenvalue weighted by Crippen LogP contribution is 2.41. The molecule has 0 saturated carbocycles. The molecular weight excluding hydrogens is 690 g/mol. The van der Waals surface area contributed by atoms with Crippen LogP contribution in [0.5, 0.6) is 0 Å². The third-order valence-corrected chi connectivity index (χ3v) is 13.1. The van der Waals surface area contributed by atoms with Gasteiger partial charge in [-0.05, 0) is 126 Å². The number of nitrogens with zero attached hydrogens (tertiary/aromatic N) is 2. The van der Waals surface area contributed by atoms with Crippen molar-refractivity contribution in [2.45, 2.75) is 77.8 Å². The van der Waals surface area contributed by atoms with Crippen LogP contribution in [0, 0.1) is 0 Å². The summed E-state index contributed by atoms with van der Waals surface area (Å²) in [7, 11) is -1.21. The second-order valence-corrected chi connectivity index (χ2v) is 17.5. The van der Waals surface area contributed by atoms with Crippen molar-refractivity contribution in [1.29, 1.82) is 0 Å². The molecule has 0 radical (unpaired) electrons. The van der Waals surface area contributed by atoms with E-state index in [2.05, 4.69) is 198 Å². The van der Waals surface area contributed by atoms with Gasteiger partial charge in [0.25, 0.3) is 0 Å². The topological polar surface area (TPSA) is 46.8 Å². The monoisotopic (exact) mass is 736 g/mol. The predicted molar refractivity (Wildman–Crippen MR) is 232 cm³/mol. The second kappa shape index (κ2) is 12.2. The van der Waals surface area contributed by atoms with Crippen LogP contribution < -0.4 is 10.9 Å². The van der Waals surface area contributed by atoms with Crippen LogP contribution in [0.1, 0.15) is 55.4 Å². The lowest BCUT2D eigenvalue weighted by molar-refractivity contribution is 0.00578. The van der Waals surface area contributed by atoms with Gasteiger partial charge < -0.3 is 27.8 Å². The summed E-state index contributed by atoms with van der Waals surface area (Å²) in [4.78, 5) is 0.